The molecule has 43 heavy (non-hydrogen) atoms. The van der Waals surface area contributed by atoms with E-state index in [1.807, 2.05) is 0 Å². The van der Waals surface area contributed by atoms with Crippen molar-refractivity contribution >= 4 is 32.3 Å². The lowest BCUT2D eigenvalue weighted by molar-refractivity contribution is 0.487. The van der Waals surface area contributed by atoms with Crippen LogP contribution in [0.5, 0.6) is 11.5 Å². The van der Waals surface area contributed by atoms with E-state index in [1.165, 1.54) is 65.7 Å². The molecule has 1 heterocycles. The van der Waals surface area contributed by atoms with Crippen LogP contribution in [0, 0.1) is 0 Å². The summed E-state index contributed by atoms with van der Waals surface area (Å²) in [5.74, 6) is 1.80. The molecule has 9 rings (SSSR count). The summed E-state index contributed by atoms with van der Waals surface area (Å²) in [6.07, 6.45) is 0. The zero-order valence-electron chi connectivity index (χ0n) is 23.4. The average Bonchev–Trinajstić information content (AvgIpc) is 3.08. The highest BCUT2D eigenvalue weighted by Crippen LogP contribution is 2.51. The van der Waals surface area contributed by atoms with Gasteiger partial charge < -0.3 is 4.74 Å². The van der Waals surface area contributed by atoms with Crippen LogP contribution in [-0.4, -0.2) is 0 Å². The van der Waals surface area contributed by atoms with Crippen molar-refractivity contribution in [1.82, 2.24) is 0 Å². The van der Waals surface area contributed by atoms with Crippen LogP contribution in [0.2, 0.25) is 0 Å². The van der Waals surface area contributed by atoms with Gasteiger partial charge in [-0.05, 0) is 84.1 Å². The molecule has 1 aliphatic heterocycles. The Morgan fingerprint density at radius 1 is 0.302 bits per heavy atom. The lowest BCUT2D eigenvalue weighted by atomic mass is 9.83. The number of rotatable bonds is 3. The van der Waals surface area contributed by atoms with Crippen LogP contribution in [0.4, 0.5) is 0 Å². The third-order valence-corrected chi connectivity index (χ3v) is 8.86. The molecule has 1 aliphatic rings. The maximum absolute atomic E-state index is 6.65. The summed E-state index contributed by atoms with van der Waals surface area (Å²) >= 11 is 0. The number of fused-ring (bicyclic) bond motifs is 4. The predicted octanol–water partition coefficient (Wildman–Crippen LogP) is 11.9. The maximum atomic E-state index is 6.65. The molecule has 0 fully saturated rings. The minimum absolute atomic E-state index is 0.900. The first-order chi connectivity index (χ1) is 21.3. The van der Waals surface area contributed by atoms with E-state index in [9.17, 15) is 0 Å². The van der Waals surface area contributed by atoms with Gasteiger partial charge in [0.15, 0.2) is 0 Å². The van der Waals surface area contributed by atoms with E-state index in [-0.39, 0.29) is 0 Å². The molecule has 0 bridgehead atoms. The van der Waals surface area contributed by atoms with Gasteiger partial charge in [0.05, 0.1) is 0 Å². The van der Waals surface area contributed by atoms with Gasteiger partial charge in [-0.3, -0.25) is 0 Å². The van der Waals surface area contributed by atoms with E-state index < -0.39 is 0 Å². The fourth-order valence-electron chi connectivity index (χ4n) is 6.99. The number of hydrogen-bond donors (Lipinski definition) is 0. The van der Waals surface area contributed by atoms with Gasteiger partial charge in [-0.25, -0.2) is 0 Å². The SMILES string of the molecule is c1ccc(-c2ccc3c(c2)Oc2cccc4c(-c5c6ccccc6c(-c6ccccc6)c6ccccc56)ccc-3c24)cc1. The zero-order valence-corrected chi connectivity index (χ0v) is 23.4. The second-order valence-corrected chi connectivity index (χ2v) is 11.2. The molecule has 8 aromatic carbocycles. The second kappa shape index (κ2) is 9.44. The van der Waals surface area contributed by atoms with Crippen LogP contribution in [-0.2, 0) is 0 Å². The minimum atomic E-state index is 0.900. The average molecular weight is 547 g/mol. The Labute approximate surface area is 250 Å². The molecule has 0 radical (unpaired) electrons. The van der Waals surface area contributed by atoms with Gasteiger partial charge in [0.25, 0.3) is 0 Å². The Morgan fingerprint density at radius 2 is 0.837 bits per heavy atom. The van der Waals surface area contributed by atoms with Crippen LogP contribution in [0.25, 0.3) is 76.8 Å². The molecule has 0 saturated carbocycles. The van der Waals surface area contributed by atoms with E-state index in [0.29, 0.717) is 0 Å². The van der Waals surface area contributed by atoms with Gasteiger partial charge in [0.2, 0.25) is 0 Å². The summed E-state index contributed by atoms with van der Waals surface area (Å²) in [6, 6.07) is 56.6. The molecule has 0 N–H and O–H groups in total. The fraction of sp³-hybridized carbons (Fsp3) is 0. The van der Waals surface area contributed by atoms with Gasteiger partial charge in [-0.15, -0.1) is 0 Å². The first-order valence-electron chi connectivity index (χ1n) is 14.8. The minimum Gasteiger partial charge on any atom is -0.456 e. The predicted molar refractivity (Wildman–Crippen MR) is 181 cm³/mol. The van der Waals surface area contributed by atoms with Gasteiger partial charge in [-0.2, -0.15) is 0 Å². The standard InChI is InChI=1S/C42H26O/c1-3-12-27(13-4-1)29-22-23-30-36-24-25-37(35-20-11-21-38(42(35)36)43-39(30)26-29)41-33-18-9-7-16-31(33)40(28-14-5-2-6-15-28)32-17-8-10-19-34(32)41/h1-26H. The molecule has 0 amide bonds. The summed E-state index contributed by atoms with van der Waals surface area (Å²) in [5.41, 5.74) is 9.69. The highest BCUT2D eigenvalue weighted by Gasteiger charge is 2.24. The van der Waals surface area contributed by atoms with Crippen molar-refractivity contribution in [2.75, 3.05) is 0 Å². The second-order valence-electron chi connectivity index (χ2n) is 11.2. The Bertz CT molecular complexity index is 2290. The van der Waals surface area contributed by atoms with Gasteiger partial charge in [0, 0.05) is 10.9 Å². The van der Waals surface area contributed by atoms with E-state index in [0.717, 1.165) is 22.6 Å². The quantitative estimate of drug-likeness (QED) is 0.200. The molecule has 0 saturated heterocycles. The summed E-state index contributed by atoms with van der Waals surface area (Å²) in [4.78, 5) is 0. The van der Waals surface area contributed by atoms with Crippen molar-refractivity contribution in [3.63, 3.8) is 0 Å². The Hall–Kier alpha value is -5.66. The van der Waals surface area contributed by atoms with Crippen molar-refractivity contribution in [1.29, 1.82) is 0 Å². The summed E-state index contributed by atoms with van der Waals surface area (Å²) in [7, 11) is 0. The topological polar surface area (TPSA) is 9.23 Å². The normalized spacial score (nSPS) is 11.9. The van der Waals surface area contributed by atoms with Crippen LogP contribution in [0.15, 0.2) is 158 Å². The fourth-order valence-corrected chi connectivity index (χ4v) is 6.99. The highest BCUT2D eigenvalue weighted by molar-refractivity contribution is 6.24. The third-order valence-electron chi connectivity index (χ3n) is 8.86. The van der Waals surface area contributed by atoms with Gasteiger partial charge in [-0.1, -0.05) is 140 Å². The van der Waals surface area contributed by atoms with Crippen LogP contribution >= 0.6 is 0 Å². The van der Waals surface area contributed by atoms with Crippen molar-refractivity contribution in [3.8, 4) is 56.0 Å². The number of ether oxygens (including phenoxy) is 1. The largest absolute Gasteiger partial charge is 0.456 e. The van der Waals surface area contributed by atoms with E-state index in [4.69, 9.17) is 4.74 Å². The maximum Gasteiger partial charge on any atom is 0.135 e. The molecule has 8 aromatic rings. The summed E-state index contributed by atoms with van der Waals surface area (Å²) in [6.45, 7) is 0. The lowest BCUT2D eigenvalue weighted by Crippen LogP contribution is -1.99. The monoisotopic (exact) mass is 546 g/mol. The Kier molecular flexibility index (Phi) is 5.27. The van der Waals surface area contributed by atoms with Crippen LogP contribution in [0.3, 0.4) is 0 Å². The summed E-state index contributed by atoms with van der Waals surface area (Å²) < 4.78 is 6.65. The molecule has 1 nitrogen and oxygen atoms in total. The first-order valence-corrected chi connectivity index (χ1v) is 14.8. The molecule has 0 spiro atoms. The number of benzene rings is 8. The van der Waals surface area contributed by atoms with Crippen LogP contribution < -0.4 is 4.74 Å². The molecule has 200 valence electrons. The zero-order chi connectivity index (χ0) is 28.3. The van der Waals surface area contributed by atoms with Gasteiger partial charge in [0.1, 0.15) is 11.5 Å². The van der Waals surface area contributed by atoms with Crippen molar-refractivity contribution in [3.05, 3.63) is 158 Å². The van der Waals surface area contributed by atoms with Crippen molar-refractivity contribution in [2.24, 2.45) is 0 Å². The van der Waals surface area contributed by atoms with Gasteiger partial charge >= 0.3 is 0 Å². The van der Waals surface area contributed by atoms with Crippen LogP contribution in [0.1, 0.15) is 0 Å². The van der Waals surface area contributed by atoms with E-state index >= 15 is 0 Å². The molecule has 0 unspecified atom stereocenters. The molecule has 1 heteroatoms. The smallest absolute Gasteiger partial charge is 0.135 e. The molecular formula is C42H26O. The molecule has 0 atom stereocenters. The molecule has 0 aromatic heterocycles. The Morgan fingerprint density at radius 3 is 1.51 bits per heavy atom. The van der Waals surface area contributed by atoms with Crippen molar-refractivity contribution < 1.29 is 4.74 Å². The molecule has 0 aliphatic carbocycles. The van der Waals surface area contributed by atoms with E-state index in [2.05, 4.69) is 158 Å². The van der Waals surface area contributed by atoms with Crippen molar-refractivity contribution in [2.45, 2.75) is 0 Å². The number of hydrogen-bond acceptors (Lipinski definition) is 1. The first kappa shape index (κ1) is 24.0. The lowest BCUT2D eigenvalue weighted by Gasteiger charge is -2.24. The third kappa shape index (κ3) is 3.65. The van der Waals surface area contributed by atoms with E-state index in [1.54, 1.807) is 0 Å². The Balaban J connectivity index is 1.32. The summed E-state index contributed by atoms with van der Waals surface area (Å²) in [5, 5.41) is 7.41. The highest BCUT2D eigenvalue weighted by atomic mass is 16.5. The molecular weight excluding hydrogens is 520 g/mol.